The molecule has 92 valence electrons. The maximum absolute atomic E-state index is 11.8. The first-order valence-corrected chi connectivity index (χ1v) is 7.93. The fourth-order valence-corrected chi connectivity index (χ4v) is 4.37. The van der Waals surface area contributed by atoms with E-state index < -0.39 is 10.0 Å². The summed E-state index contributed by atoms with van der Waals surface area (Å²) in [6.07, 6.45) is 0.630. The van der Waals surface area contributed by atoms with E-state index in [9.17, 15) is 8.42 Å². The number of nitrogens with one attached hydrogen (secondary N) is 1. The molecule has 0 amide bonds. The molecule has 4 nitrogen and oxygen atoms in total. The minimum absolute atomic E-state index is 0.000456. The topological polar surface area (TPSA) is 72.2 Å². The fourth-order valence-electron chi connectivity index (χ4n) is 1.06. The Balaban J connectivity index is 2.71. The first-order chi connectivity index (χ1) is 7.33. The molecule has 0 aliphatic carbocycles. The van der Waals surface area contributed by atoms with Crippen LogP contribution in [0.4, 0.5) is 0 Å². The second kappa shape index (κ2) is 5.59. The van der Waals surface area contributed by atoms with Crippen molar-refractivity contribution in [3.8, 4) is 0 Å². The Kier molecular flexibility index (Phi) is 4.93. The predicted octanol–water partition coefficient (Wildman–Crippen LogP) is 1.83. The number of hydrogen-bond acceptors (Lipinski definition) is 4. The van der Waals surface area contributed by atoms with Gasteiger partial charge in [-0.3, -0.25) is 0 Å². The van der Waals surface area contributed by atoms with Gasteiger partial charge in [-0.1, -0.05) is 0 Å². The SMILES string of the molecule is Cc1cc(S(=O)(=O)NCCC(C)N)sc1Br. The molecule has 0 radical (unpaired) electrons. The minimum Gasteiger partial charge on any atom is -0.328 e. The second-order valence-electron chi connectivity index (χ2n) is 3.69. The van der Waals surface area contributed by atoms with Crippen molar-refractivity contribution in [1.82, 2.24) is 4.72 Å². The quantitative estimate of drug-likeness (QED) is 0.867. The number of sulfonamides is 1. The number of rotatable bonds is 5. The van der Waals surface area contributed by atoms with Crippen molar-refractivity contribution in [2.24, 2.45) is 5.73 Å². The molecule has 1 rings (SSSR count). The first kappa shape index (κ1) is 14.1. The summed E-state index contributed by atoms with van der Waals surface area (Å²) in [5.41, 5.74) is 6.48. The van der Waals surface area contributed by atoms with Gasteiger partial charge in [0.15, 0.2) is 0 Å². The zero-order valence-electron chi connectivity index (χ0n) is 9.16. The fraction of sp³-hybridized carbons (Fsp3) is 0.556. The first-order valence-electron chi connectivity index (χ1n) is 4.84. The molecule has 0 spiro atoms. The van der Waals surface area contributed by atoms with Gasteiger partial charge in [0.05, 0.1) is 3.79 Å². The van der Waals surface area contributed by atoms with Gasteiger partial charge in [0.25, 0.3) is 0 Å². The maximum Gasteiger partial charge on any atom is 0.250 e. The minimum atomic E-state index is -3.37. The Morgan fingerprint density at radius 3 is 2.69 bits per heavy atom. The zero-order chi connectivity index (χ0) is 12.3. The molecule has 16 heavy (non-hydrogen) atoms. The Hall–Kier alpha value is 0.0500. The van der Waals surface area contributed by atoms with Crippen molar-refractivity contribution in [3.63, 3.8) is 0 Å². The normalized spacial score (nSPS) is 14.0. The van der Waals surface area contributed by atoms with Gasteiger partial charge in [0, 0.05) is 12.6 Å². The smallest absolute Gasteiger partial charge is 0.250 e. The van der Waals surface area contributed by atoms with Gasteiger partial charge in [-0.05, 0) is 47.8 Å². The Bertz CT molecular complexity index is 435. The molecular weight excluding hydrogens is 312 g/mol. The number of aryl methyl sites for hydroxylation is 1. The largest absolute Gasteiger partial charge is 0.328 e. The van der Waals surface area contributed by atoms with E-state index in [1.807, 2.05) is 13.8 Å². The summed E-state index contributed by atoms with van der Waals surface area (Å²) in [6, 6.07) is 1.66. The number of thiophene rings is 1. The van der Waals surface area contributed by atoms with Crippen LogP contribution in [0.15, 0.2) is 14.1 Å². The summed E-state index contributed by atoms with van der Waals surface area (Å²) in [6.45, 7) is 4.08. The highest BCUT2D eigenvalue weighted by Gasteiger charge is 2.17. The van der Waals surface area contributed by atoms with E-state index in [-0.39, 0.29) is 6.04 Å². The Morgan fingerprint density at radius 2 is 2.25 bits per heavy atom. The van der Waals surface area contributed by atoms with Crippen molar-refractivity contribution in [2.75, 3.05) is 6.54 Å². The van der Waals surface area contributed by atoms with Crippen LogP contribution in [0.5, 0.6) is 0 Å². The summed E-state index contributed by atoms with van der Waals surface area (Å²) in [5, 5.41) is 0. The molecule has 0 fully saturated rings. The summed E-state index contributed by atoms with van der Waals surface area (Å²) >= 11 is 4.52. The predicted molar refractivity (Wildman–Crippen MR) is 70.2 cm³/mol. The molecule has 0 aliphatic heterocycles. The molecule has 1 unspecified atom stereocenters. The van der Waals surface area contributed by atoms with Crippen molar-refractivity contribution < 1.29 is 8.42 Å². The molecule has 0 bridgehead atoms. The van der Waals surface area contributed by atoms with E-state index >= 15 is 0 Å². The van der Waals surface area contributed by atoms with Gasteiger partial charge in [-0.25, -0.2) is 13.1 Å². The summed E-state index contributed by atoms with van der Waals surface area (Å²) in [7, 11) is -3.37. The van der Waals surface area contributed by atoms with Gasteiger partial charge in [-0.15, -0.1) is 11.3 Å². The molecule has 1 heterocycles. The molecule has 1 atom stereocenters. The third-order valence-electron chi connectivity index (χ3n) is 1.99. The van der Waals surface area contributed by atoms with Crippen LogP contribution in [-0.4, -0.2) is 21.0 Å². The lowest BCUT2D eigenvalue weighted by molar-refractivity contribution is 0.573. The van der Waals surface area contributed by atoms with E-state index in [1.165, 1.54) is 11.3 Å². The van der Waals surface area contributed by atoms with Crippen molar-refractivity contribution in [2.45, 2.75) is 30.5 Å². The van der Waals surface area contributed by atoms with Gasteiger partial charge in [0.2, 0.25) is 10.0 Å². The third kappa shape index (κ3) is 3.81. The molecule has 0 aromatic carbocycles. The van der Waals surface area contributed by atoms with Crippen LogP contribution in [0.25, 0.3) is 0 Å². The molecule has 1 aromatic rings. The van der Waals surface area contributed by atoms with Crippen molar-refractivity contribution in [1.29, 1.82) is 0 Å². The molecule has 0 saturated carbocycles. The lowest BCUT2D eigenvalue weighted by Gasteiger charge is -2.06. The van der Waals surface area contributed by atoms with Gasteiger partial charge >= 0.3 is 0 Å². The zero-order valence-corrected chi connectivity index (χ0v) is 12.4. The van der Waals surface area contributed by atoms with E-state index in [0.717, 1.165) is 9.35 Å². The number of halogens is 1. The molecular formula is C9H15BrN2O2S2. The maximum atomic E-state index is 11.8. The van der Waals surface area contributed by atoms with Crippen LogP contribution >= 0.6 is 27.3 Å². The Labute approximate surface area is 108 Å². The molecule has 3 N–H and O–H groups in total. The van der Waals surface area contributed by atoms with E-state index in [0.29, 0.717) is 17.2 Å². The summed E-state index contributed by atoms with van der Waals surface area (Å²) in [5.74, 6) is 0. The van der Waals surface area contributed by atoms with Crippen LogP contribution in [0.1, 0.15) is 18.9 Å². The average molecular weight is 327 g/mol. The van der Waals surface area contributed by atoms with Gasteiger partial charge in [-0.2, -0.15) is 0 Å². The molecule has 0 aliphatic rings. The van der Waals surface area contributed by atoms with Crippen molar-refractivity contribution >= 4 is 37.3 Å². The second-order valence-corrected chi connectivity index (χ2v) is 8.05. The lowest BCUT2D eigenvalue weighted by Crippen LogP contribution is -2.28. The number of nitrogens with two attached hydrogens (primary N) is 1. The Morgan fingerprint density at radius 1 is 1.62 bits per heavy atom. The van der Waals surface area contributed by atoms with Crippen LogP contribution in [0, 0.1) is 6.92 Å². The van der Waals surface area contributed by atoms with E-state index in [1.54, 1.807) is 6.07 Å². The van der Waals surface area contributed by atoms with Crippen LogP contribution in [-0.2, 0) is 10.0 Å². The standard InChI is InChI=1S/C9H15BrN2O2S2/c1-6-5-8(15-9(6)10)16(13,14)12-4-3-7(2)11/h5,7,12H,3-4,11H2,1-2H3. The molecule has 7 heteroatoms. The van der Waals surface area contributed by atoms with E-state index in [2.05, 4.69) is 20.7 Å². The van der Waals surface area contributed by atoms with Crippen LogP contribution < -0.4 is 10.5 Å². The summed E-state index contributed by atoms with van der Waals surface area (Å²) < 4.78 is 27.3. The lowest BCUT2D eigenvalue weighted by atomic mass is 10.3. The third-order valence-corrected chi connectivity index (χ3v) is 6.06. The number of hydrogen-bond donors (Lipinski definition) is 2. The van der Waals surface area contributed by atoms with Gasteiger partial charge in [0.1, 0.15) is 4.21 Å². The van der Waals surface area contributed by atoms with Crippen LogP contribution in [0.2, 0.25) is 0 Å². The highest BCUT2D eigenvalue weighted by Crippen LogP contribution is 2.30. The van der Waals surface area contributed by atoms with E-state index in [4.69, 9.17) is 5.73 Å². The summed E-state index contributed by atoms with van der Waals surface area (Å²) in [4.78, 5) is 0. The average Bonchev–Trinajstić information content (AvgIpc) is 2.46. The van der Waals surface area contributed by atoms with Gasteiger partial charge < -0.3 is 5.73 Å². The molecule has 1 aromatic heterocycles. The monoisotopic (exact) mass is 326 g/mol. The highest BCUT2D eigenvalue weighted by atomic mass is 79.9. The highest BCUT2D eigenvalue weighted by molar-refractivity contribution is 9.11. The van der Waals surface area contributed by atoms with Crippen LogP contribution in [0.3, 0.4) is 0 Å². The van der Waals surface area contributed by atoms with Crippen molar-refractivity contribution in [3.05, 3.63) is 15.4 Å². The molecule has 0 saturated heterocycles.